The Hall–Kier alpha value is -2.68. The summed E-state index contributed by atoms with van der Waals surface area (Å²) >= 11 is 0. The summed E-state index contributed by atoms with van der Waals surface area (Å²) in [5.74, 6) is -2.62. The van der Waals surface area contributed by atoms with E-state index in [4.69, 9.17) is 10.4 Å². The van der Waals surface area contributed by atoms with Gasteiger partial charge in [-0.3, -0.25) is 4.79 Å². The first-order valence-corrected chi connectivity index (χ1v) is 4.44. The molecular formula is C11H7FN2O3. The first-order valence-electron chi connectivity index (χ1n) is 4.44. The number of aliphatic carboxylic acids is 1. The van der Waals surface area contributed by atoms with Gasteiger partial charge in [0, 0.05) is 17.8 Å². The number of hydrogen-bond acceptors (Lipinski definition) is 3. The van der Waals surface area contributed by atoms with E-state index in [1.807, 2.05) is 0 Å². The molecular weight excluding hydrogens is 227 g/mol. The third-order valence-electron chi connectivity index (χ3n) is 1.73. The van der Waals surface area contributed by atoms with Crippen LogP contribution in [0.3, 0.4) is 0 Å². The lowest BCUT2D eigenvalue weighted by Crippen LogP contribution is -2.09. The topological polar surface area (TPSA) is 90.2 Å². The van der Waals surface area contributed by atoms with Crippen LogP contribution < -0.4 is 5.32 Å². The van der Waals surface area contributed by atoms with E-state index in [9.17, 15) is 14.0 Å². The highest BCUT2D eigenvalue weighted by Gasteiger charge is 2.04. The smallest absolute Gasteiger partial charge is 0.328 e. The zero-order valence-corrected chi connectivity index (χ0v) is 8.48. The summed E-state index contributed by atoms with van der Waals surface area (Å²) < 4.78 is 12.9. The van der Waals surface area contributed by atoms with Crippen molar-refractivity contribution in [2.75, 3.05) is 5.32 Å². The SMILES string of the molecule is N#Cc1cc(NC(=O)C=CC(=O)O)ccc1F. The van der Waals surface area contributed by atoms with Gasteiger partial charge in [-0.05, 0) is 18.2 Å². The van der Waals surface area contributed by atoms with Gasteiger partial charge in [0.2, 0.25) is 5.91 Å². The van der Waals surface area contributed by atoms with E-state index >= 15 is 0 Å². The Balaban J connectivity index is 2.80. The maximum atomic E-state index is 12.9. The molecule has 0 aromatic heterocycles. The summed E-state index contributed by atoms with van der Waals surface area (Å²) in [5.41, 5.74) is 0.00741. The number of hydrogen-bond donors (Lipinski definition) is 2. The Bertz CT molecular complexity index is 532. The Morgan fingerprint density at radius 1 is 1.41 bits per heavy atom. The van der Waals surface area contributed by atoms with Gasteiger partial charge in [-0.2, -0.15) is 5.26 Å². The van der Waals surface area contributed by atoms with Crippen LogP contribution in [0.15, 0.2) is 30.4 Å². The fourth-order valence-corrected chi connectivity index (χ4v) is 1.02. The maximum absolute atomic E-state index is 12.9. The average Bonchev–Trinajstić information content (AvgIpc) is 2.29. The van der Waals surface area contributed by atoms with Crippen molar-refractivity contribution in [1.29, 1.82) is 5.26 Å². The molecule has 1 aromatic rings. The van der Waals surface area contributed by atoms with Gasteiger partial charge in [-0.15, -0.1) is 0 Å². The van der Waals surface area contributed by atoms with Gasteiger partial charge in [0.15, 0.2) is 0 Å². The molecule has 17 heavy (non-hydrogen) atoms. The van der Waals surface area contributed by atoms with Crippen LogP contribution in [0.25, 0.3) is 0 Å². The molecule has 1 amide bonds. The Kier molecular flexibility index (Phi) is 3.95. The average molecular weight is 234 g/mol. The molecule has 0 unspecified atom stereocenters. The Morgan fingerprint density at radius 2 is 2.12 bits per heavy atom. The minimum atomic E-state index is -1.25. The van der Waals surface area contributed by atoms with Crippen LogP contribution in [0.1, 0.15) is 5.56 Å². The number of nitriles is 1. The van der Waals surface area contributed by atoms with Crippen LogP contribution in [-0.2, 0) is 9.59 Å². The molecule has 86 valence electrons. The number of carboxylic acids is 1. The monoisotopic (exact) mass is 234 g/mol. The normalized spacial score (nSPS) is 9.88. The van der Waals surface area contributed by atoms with Crippen LogP contribution in [-0.4, -0.2) is 17.0 Å². The van der Waals surface area contributed by atoms with Crippen molar-refractivity contribution in [2.45, 2.75) is 0 Å². The lowest BCUT2D eigenvalue weighted by atomic mass is 10.2. The van der Waals surface area contributed by atoms with Crippen LogP contribution in [0.4, 0.5) is 10.1 Å². The molecule has 0 saturated heterocycles. The number of rotatable bonds is 3. The van der Waals surface area contributed by atoms with E-state index < -0.39 is 17.7 Å². The molecule has 0 spiro atoms. The first kappa shape index (κ1) is 12.4. The molecule has 0 atom stereocenters. The standard InChI is InChI=1S/C11H7FN2O3/c12-9-2-1-8(5-7(9)6-13)14-10(15)3-4-11(16)17/h1-5H,(H,14,15)(H,16,17). The van der Waals surface area contributed by atoms with Gasteiger partial charge in [0.05, 0.1) is 5.56 Å². The minimum absolute atomic E-state index is 0.204. The first-order chi connectivity index (χ1) is 8.02. The summed E-state index contributed by atoms with van der Waals surface area (Å²) in [4.78, 5) is 21.3. The number of carboxylic acid groups (broad SMARTS) is 1. The second-order valence-electron chi connectivity index (χ2n) is 2.97. The molecule has 5 nitrogen and oxygen atoms in total. The molecule has 2 N–H and O–H groups in total. The van der Waals surface area contributed by atoms with Crippen LogP contribution in [0, 0.1) is 17.1 Å². The van der Waals surface area contributed by atoms with Crippen molar-refractivity contribution in [1.82, 2.24) is 0 Å². The summed E-state index contributed by atoms with van der Waals surface area (Å²) in [6.07, 6.45) is 1.49. The second kappa shape index (κ2) is 5.42. The Morgan fingerprint density at radius 3 is 2.71 bits per heavy atom. The van der Waals surface area contributed by atoms with Gasteiger partial charge in [0.1, 0.15) is 11.9 Å². The summed E-state index contributed by atoms with van der Waals surface area (Å²) in [6, 6.07) is 5.08. The van der Waals surface area contributed by atoms with E-state index in [0.29, 0.717) is 6.08 Å². The highest BCUT2D eigenvalue weighted by atomic mass is 19.1. The minimum Gasteiger partial charge on any atom is -0.478 e. The maximum Gasteiger partial charge on any atom is 0.328 e. The van der Waals surface area contributed by atoms with Crippen molar-refractivity contribution in [3.8, 4) is 6.07 Å². The highest BCUT2D eigenvalue weighted by molar-refractivity contribution is 6.02. The Labute approximate surface area is 95.8 Å². The third kappa shape index (κ3) is 3.76. The van der Waals surface area contributed by atoms with Crippen molar-refractivity contribution < 1.29 is 19.1 Å². The molecule has 1 aromatic carbocycles. The van der Waals surface area contributed by atoms with Gasteiger partial charge in [-0.25, -0.2) is 9.18 Å². The fourth-order valence-electron chi connectivity index (χ4n) is 1.02. The number of carbonyl (C=O) groups excluding carboxylic acids is 1. The second-order valence-corrected chi connectivity index (χ2v) is 2.97. The number of amides is 1. The van der Waals surface area contributed by atoms with E-state index in [1.54, 1.807) is 6.07 Å². The van der Waals surface area contributed by atoms with E-state index in [0.717, 1.165) is 18.2 Å². The number of nitrogens with zero attached hydrogens (tertiary/aromatic N) is 1. The predicted molar refractivity (Wildman–Crippen MR) is 56.5 cm³/mol. The van der Waals surface area contributed by atoms with Gasteiger partial charge in [-0.1, -0.05) is 0 Å². The lowest BCUT2D eigenvalue weighted by molar-refractivity contribution is -0.131. The van der Waals surface area contributed by atoms with E-state index in [2.05, 4.69) is 5.32 Å². The lowest BCUT2D eigenvalue weighted by Gasteiger charge is -2.02. The van der Waals surface area contributed by atoms with Crippen molar-refractivity contribution in [2.24, 2.45) is 0 Å². The van der Waals surface area contributed by atoms with Gasteiger partial charge >= 0.3 is 5.97 Å². The molecule has 0 radical (unpaired) electrons. The molecule has 0 heterocycles. The van der Waals surface area contributed by atoms with Crippen LogP contribution in [0.2, 0.25) is 0 Å². The van der Waals surface area contributed by atoms with E-state index in [-0.39, 0.29) is 11.3 Å². The number of nitrogens with one attached hydrogen (secondary N) is 1. The highest BCUT2D eigenvalue weighted by Crippen LogP contribution is 2.13. The van der Waals surface area contributed by atoms with Crippen molar-refractivity contribution >= 4 is 17.6 Å². The van der Waals surface area contributed by atoms with Crippen molar-refractivity contribution in [3.63, 3.8) is 0 Å². The zero-order chi connectivity index (χ0) is 12.8. The summed E-state index contributed by atoms with van der Waals surface area (Å²) in [7, 11) is 0. The molecule has 0 bridgehead atoms. The molecule has 0 aliphatic heterocycles. The van der Waals surface area contributed by atoms with Gasteiger partial charge < -0.3 is 10.4 Å². The fraction of sp³-hybridized carbons (Fsp3) is 0. The zero-order valence-electron chi connectivity index (χ0n) is 8.48. The molecule has 6 heteroatoms. The quantitative estimate of drug-likeness (QED) is 0.770. The molecule has 0 saturated carbocycles. The molecule has 1 rings (SSSR count). The van der Waals surface area contributed by atoms with Gasteiger partial charge in [0.25, 0.3) is 0 Å². The molecule has 0 aliphatic carbocycles. The summed E-state index contributed by atoms with van der Waals surface area (Å²) in [6.45, 7) is 0. The predicted octanol–water partition coefficient (Wildman–Crippen LogP) is 1.28. The number of halogens is 1. The number of anilines is 1. The van der Waals surface area contributed by atoms with E-state index in [1.165, 1.54) is 6.07 Å². The number of carbonyl (C=O) groups is 2. The molecule has 0 fully saturated rings. The molecule has 0 aliphatic rings. The largest absolute Gasteiger partial charge is 0.478 e. The van der Waals surface area contributed by atoms with Crippen LogP contribution in [0.5, 0.6) is 0 Å². The summed E-state index contributed by atoms with van der Waals surface area (Å²) in [5, 5.41) is 19.1. The number of benzene rings is 1. The van der Waals surface area contributed by atoms with Crippen LogP contribution >= 0.6 is 0 Å². The third-order valence-corrected chi connectivity index (χ3v) is 1.73. The van der Waals surface area contributed by atoms with Crippen molar-refractivity contribution in [3.05, 3.63) is 41.7 Å².